The zero-order chi connectivity index (χ0) is 13.1. The van der Waals surface area contributed by atoms with Crippen molar-refractivity contribution in [2.45, 2.75) is 12.5 Å². The van der Waals surface area contributed by atoms with Crippen molar-refractivity contribution in [3.05, 3.63) is 63.1 Å². The molecule has 2 aromatic rings. The van der Waals surface area contributed by atoms with E-state index in [9.17, 15) is 4.39 Å². The van der Waals surface area contributed by atoms with Crippen molar-refractivity contribution in [3.8, 4) is 0 Å². The minimum atomic E-state index is -0.418. The van der Waals surface area contributed by atoms with Crippen molar-refractivity contribution in [3.63, 3.8) is 0 Å². The van der Waals surface area contributed by atoms with E-state index in [1.54, 1.807) is 24.5 Å². The summed E-state index contributed by atoms with van der Waals surface area (Å²) in [5.74, 6) is -0.418. The van der Waals surface area contributed by atoms with E-state index in [0.29, 0.717) is 6.42 Å². The van der Waals surface area contributed by atoms with Gasteiger partial charge in [0.05, 0.1) is 5.02 Å². The van der Waals surface area contributed by atoms with Crippen LogP contribution in [0.2, 0.25) is 5.02 Å². The Morgan fingerprint density at radius 1 is 1.33 bits per heavy atom. The molecule has 5 heteroatoms. The van der Waals surface area contributed by atoms with Gasteiger partial charge in [-0.2, -0.15) is 0 Å². The number of pyridine rings is 1. The highest BCUT2D eigenvalue weighted by molar-refractivity contribution is 9.10. The van der Waals surface area contributed by atoms with Crippen LogP contribution in [0.3, 0.4) is 0 Å². The minimum Gasteiger partial charge on any atom is -0.324 e. The van der Waals surface area contributed by atoms with Gasteiger partial charge in [-0.1, -0.05) is 17.7 Å². The van der Waals surface area contributed by atoms with Crippen molar-refractivity contribution in [2.24, 2.45) is 5.73 Å². The molecule has 1 atom stereocenters. The molecule has 0 aliphatic carbocycles. The number of aromatic nitrogens is 1. The first-order chi connectivity index (χ1) is 8.56. The van der Waals surface area contributed by atoms with E-state index in [4.69, 9.17) is 17.3 Å². The van der Waals surface area contributed by atoms with Gasteiger partial charge in [0.25, 0.3) is 0 Å². The van der Waals surface area contributed by atoms with Gasteiger partial charge in [0.15, 0.2) is 0 Å². The summed E-state index contributed by atoms with van der Waals surface area (Å²) in [5, 5.41) is 0.118. The molecule has 0 saturated heterocycles. The first-order valence-electron chi connectivity index (χ1n) is 5.36. The Balaban J connectivity index is 2.16. The zero-order valence-corrected chi connectivity index (χ0v) is 11.7. The SMILES string of the molecule is NC(Cc1ccc(F)c(Cl)c1)c1cncc(Br)c1. The molecule has 1 aromatic heterocycles. The summed E-state index contributed by atoms with van der Waals surface area (Å²) in [6.07, 6.45) is 4.00. The summed E-state index contributed by atoms with van der Waals surface area (Å²) < 4.78 is 13.9. The van der Waals surface area contributed by atoms with Crippen molar-refractivity contribution in [2.75, 3.05) is 0 Å². The summed E-state index contributed by atoms with van der Waals surface area (Å²) >= 11 is 9.08. The van der Waals surface area contributed by atoms with Crippen molar-refractivity contribution in [1.82, 2.24) is 4.98 Å². The fourth-order valence-corrected chi connectivity index (χ4v) is 2.26. The molecule has 2 rings (SSSR count). The standard InChI is InChI=1S/C13H11BrClFN2/c14-10-5-9(6-18-7-10)13(17)4-8-1-2-12(16)11(15)3-8/h1-3,5-7,13H,4,17H2. The normalized spacial score (nSPS) is 12.4. The van der Waals surface area contributed by atoms with Gasteiger partial charge >= 0.3 is 0 Å². The topological polar surface area (TPSA) is 38.9 Å². The van der Waals surface area contributed by atoms with Crippen LogP contribution in [-0.4, -0.2) is 4.98 Å². The number of hydrogen-bond acceptors (Lipinski definition) is 2. The molecular weight excluding hydrogens is 319 g/mol. The highest BCUT2D eigenvalue weighted by atomic mass is 79.9. The summed E-state index contributed by atoms with van der Waals surface area (Å²) in [6.45, 7) is 0. The molecule has 0 saturated carbocycles. The Morgan fingerprint density at radius 3 is 2.78 bits per heavy atom. The molecule has 0 bridgehead atoms. The number of rotatable bonds is 3. The molecule has 2 N–H and O–H groups in total. The van der Waals surface area contributed by atoms with Crippen molar-refractivity contribution >= 4 is 27.5 Å². The summed E-state index contributed by atoms with van der Waals surface area (Å²) in [5.41, 5.74) is 7.90. The third-order valence-electron chi connectivity index (χ3n) is 2.59. The van der Waals surface area contributed by atoms with E-state index in [2.05, 4.69) is 20.9 Å². The Kier molecular flexibility index (Phi) is 4.32. The lowest BCUT2D eigenvalue weighted by molar-refractivity contribution is 0.626. The monoisotopic (exact) mass is 328 g/mol. The second-order valence-corrected chi connectivity index (χ2v) is 5.32. The van der Waals surface area contributed by atoms with E-state index >= 15 is 0 Å². The van der Waals surface area contributed by atoms with Gasteiger partial charge in [-0.05, 0) is 51.7 Å². The molecule has 94 valence electrons. The molecule has 2 nitrogen and oxygen atoms in total. The third-order valence-corrected chi connectivity index (χ3v) is 3.32. The lowest BCUT2D eigenvalue weighted by Gasteiger charge is -2.12. The average molecular weight is 330 g/mol. The van der Waals surface area contributed by atoms with E-state index < -0.39 is 5.82 Å². The number of halogens is 3. The van der Waals surface area contributed by atoms with Gasteiger partial charge in [0.1, 0.15) is 5.82 Å². The largest absolute Gasteiger partial charge is 0.324 e. The molecule has 0 fully saturated rings. The summed E-state index contributed by atoms with van der Waals surface area (Å²) in [4.78, 5) is 4.07. The van der Waals surface area contributed by atoms with Crippen LogP contribution in [0.25, 0.3) is 0 Å². The van der Waals surface area contributed by atoms with Crippen molar-refractivity contribution in [1.29, 1.82) is 0 Å². The van der Waals surface area contributed by atoms with Gasteiger partial charge in [-0.3, -0.25) is 4.98 Å². The maximum atomic E-state index is 13.0. The van der Waals surface area contributed by atoms with Crippen LogP contribution in [0.4, 0.5) is 4.39 Å². The lowest BCUT2D eigenvalue weighted by atomic mass is 10.0. The quantitative estimate of drug-likeness (QED) is 0.928. The number of hydrogen-bond donors (Lipinski definition) is 1. The van der Waals surface area contributed by atoms with Crippen LogP contribution in [0.5, 0.6) is 0 Å². The summed E-state index contributed by atoms with van der Waals surface area (Å²) in [6, 6.07) is 6.36. The highest BCUT2D eigenvalue weighted by Crippen LogP contribution is 2.22. The Labute approximate surface area is 118 Å². The average Bonchev–Trinajstić information content (AvgIpc) is 2.34. The zero-order valence-electron chi connectivity index (χ0n) is 9.41. The number of nitrogens with zero attached hydrogens (tertiary/aromatic N) is 1. The van der Waals surface area contributed by atoms with E-state index in [-0.39, 0.29) is 11.1 Å². The maximum Gasteiger partial charge on any atom is 0.141 e. The molecule has 18 heavy (non-hydrogen) atoms. The highest BCUT2D eigenvalue weighted by Gasteiger charge is 2.09. The molecule has 0 aliphatic rings. The first kappa shape index (κ1) is 13.5. The van der Waals surface area contributed by atoms with Gasteiger partial charge in [-0.25, -0.2) is 4.39 Å². The van der Waals surface area contributed by atoms with Gasteiger partial charge in [0.2, 0.25) is 0 Å². The molecule has 1 unspecified atom stereocenters. The molecule has 1 heterocycles. The summed E-state index contributed by atoms with van der Waals surface area (Å²) in [7, 11) is 0. The molecule has 0 spiro atoms. The van der Waals surface area contributed by atoms with E-state index in [1.165, 1.54) is 6.07 Å². The van der Waals surface area contributed by atoms with Gasteiger partial charge in [-0.15, -0.1) is 0 Å². The molecule has 0 radical (unpaired) electrons. The predicted octanol–water partition coefficient (Wildman–Crippen LogP) is 3.88. The second-order valence-electron chi connectivity index (χ2n) is 4.00. The van der Waals surface area contributed by atoms with Crippen LogP contribution in [0.15, 0.2) is 41.1 Å². The van der Waals surface area contributed by atoms with Gasteiger partial charge in [0, 0.05) is 22.9 Å². The Hall–Kier alpha value is -0.970. The number of benzene rings is 1. The van der Waals surface area contributed by atoms with Crippen LogP contribution in [0, 0.1) is 5.82 Å². The number of nitrogens with two attached hydrogens (primary N) is 1. The second kappa shape index (κ2) is 5.78. The Morgan fingerprint density at radius 2 is 2.11 bits per heavy atom. The van der Waals surface area contributed by atoms with Crippen LogP contribution in [-0.2, 0) is 6.42 Å². The molecule has 0 amide bonds. The minimum absolute atomic E-state index is 0.118. The fourth-order valence-electron chi connectivity index (χ4n) is 1.67. The molecule has 0 aliphatic heterocycles. The predicted molar refractivity (Wildman–Crippen MR) is 74.0 cm³/mol. The van der Waals surface area contributed by atoms with Crippen LogP contribution < -0.4 is 5.73 Å². The molecule has 1 aromatic carbocycles. The maximum absolute atomic E-state index is 13.0. The Bertz CT molecular complexity index is 562. The van der Waals surface area contributed by atoms with Gasteiger partial charge < -0.3 is 5.73 Å². The lowest BCUT2D eigenvalue weighted by Crippen LogP contribution is -2.13. The van der Waals surface area contributed by atoms with Crippen LogP contribution in [0.1, 0.15) is 17.2 Å². The smallest absolute Gasteiger partial charge is 0.141 e. The van der Waals surface area contributed by atoms with E-state index in [1.807, 2.05) is 6.07 Å². The van der Waals surface area contributed by atoms with Crippen molar-refractivity contribution < 1.29 is 4.39 Å². The fraction of sp³-hybridized carbons (Fsp3) is 0.154. The first-order valence-corrected chi connectivity index (χ1v) is 6.53. The van der Waals surface area contributed by atoms with E-state index in [0.717, 1.165) is 15.6 Å². The van der Waals surface area contributed by atoms with Crippen LogP contribution >= 0.6 is 27.5 Å². The molecular formula is C13H11BrClFN2. The third kappa shape index (κ3) is 3.28.